The fourth-order valence-electron chi connectivity index (χ4n) is 2.79. The quantitative estimate of drug-likeness (QED) is 0.831. The number of H-pyrrole nitrogens is 1. The number of aliphatic hydroxyl groups is 1. The molecule has 1 heterocycles. The molecule has 0 aliphatic rings. The van der Waals surface area contributed by atoms with E-state index in [2.05, 4.69) is 31.8 Å². The van der Waals surface area contributed by atoms with Crippen LogP contribution >= 0.6 is 0 Å². The van der Waals surface area contributed by atoms with E-state index in [1.807, 2.05) is 0 Å². The number of aromatic amines is 1. The molecule has 1 aromatic heterocycles. The Morgan fingerprint density at radius 1 is 1.29 bits per heavy atom. The topological polar surface area (TPSA) is 62.3 Å². The molecule has 0 radical (unpaired) electrons. The lowest BCUT2D eigenvalue weighted by Crippen LogP contribution is -2.08. The van der Waals surface area contributed by atoms with E-state index in [1.54, 1.807) is 6.92 Å². The zero-order valence-corrected chi connectivity index (χ0v) is 13.2. The monoisotopic (exact) mass is 289 g/mol. The van der Waals surface area contributed by atoms with E-state index in [1.165, 1.54) is 16.7 Å². The molecule has 21 heavy (non-hydrogen) atoms. The van der Waals surface area contributed by atoms with Gasteiger partial charge in [-0.1, -0.05) is 0 Å². The number of ether oxygens (including phenoxy) is 1. The normalized spacial score (nSPS) is 11.1. The van der Waals surface area contributed by atoms with Crippen molar-refractivity contribution in [1.82, 2.24) is 4.98 Å². The van der Waals surface area contributed by atoms with E-state index in [4.69, 9.17) is 9.84 Å². The van der Waals surface area contributed by atoms with E-state index in [0.29, 0.717) is 25.1 Å². The lowest BCUT2D eigenvalue weighted by Gasteiger charge is -2.09. The van der Waals surface area contributed by atoms with Crippen LogP contribution in [-0.2, 0) is 11.2 Å². The molecule has 2 aromatic rings. The molecule has 0 fully saturated rings. The summed E-state index contributed by atoms with van der Waals surface area (Å²) in [5, 5.41) is 10.2. The van der Waals surface area contributed by atoms with Gasteiger partial charge >= 0.3 is 5.97 Å². The highest BCUT2D eigenvalue weighted by Crippen LogP contribution is 2.31. The number of aromatic nitrogens is 1. The van der Waals surface area contributed by atoms with Crippen LogP contribution in [0.1, 0.15) is 46.1 Å². The number of hydrogen-bond donors (Lipinski definition) is 2. The third-order valence-corrected chi connectivity index (χ3v) is 4.09. The number of nitrogens with one attached hydrogen (secondary N) is 1. The van der Waals surface area contributed by atoms with Crippen molar-refractivity contribution in [3.8, 4) is 0 Å². The van der Waals surface area contributed by atoms with Crippen LogP contribution in [0, 0.1) is 20.8 Å². The maximum Gasteiger partial charge on any atom is 0.355 e. The van der Waals surface area contributed by atoms with E-state index in [9.17, 15) is 4.79 Å². The van der Waals surface area contributed by atoms with Gasteiger partial charge in [0.2, 0.25) is 0 Å². The summed E-state index contributed by atoms with van der Waals surface area (Å²) < 4.78 is 5.15. The Kier molecular flexibility index (Phi) is 4.68. The highest BCUT2D eigenvalue weighted by atomic mass is 16.5. The number of fused-ring (bicyclic) bond motifs is 1. The molecule has 0 unspecified atom stereocenters. The molecule has 0 aliphatic heterocycles. The van der Waals surface area contributed by atoms with Crippen LogP contribution in [0.3, 0.4) is 0 Å². The van der Waals surface area contributed by atoms with Crippen molar-refractivity contribution < 1.29 is 14.6 Å². The average Bonchev–Trinajstić information content (AvgIpc) is 2.81. The molecule has 0 bridgehead atoms. The van der Waals surface area contributed by atoms with Crippen molar-refractivity contribution >= 4 is 16.9 Å². The highest BCUT2D eigenvalue weighted by molar-refractivity contribution is 6.00. The molecule has 0 saturated carbocycles. The average molecular weight is 289 g/mol. The SMILES string of the molecule is CCOC(=O)c1[nH]c2cc(C)c(C)c(C)c2c1CCCO. The molecule has 2 N–H and O–H groups in total. The number of carbonyl (C=O) groups excluding carboxylic acids is 1. The predicted octanol–water partition coefficient (Wildman–Crippen LogP) is 3.19. The fraction of sp³-hybridized carbons (Fsp3) is 0.471. The van der Waals surface area contributed by atoms with Crippen molar-refractivity contribution in [3.63, 3.8) is 0 Å². The number of carbonyl (C=O) groups is 1. The zero-order chi connectivity index (χ0) is 15.6. The Hall–Kier alpha value is -1.81. The van der Waals surface area contributed by atoms with E-state index < -0.39 is 0 Å². The first-order chi connectivity index (χ1) is 10.0. The molecule has 1 aromatic carbocycles. The van der Waals surface area contributed by atoms with Crippen LogP contribution in [0.25, 0.3) is 10.9 Å². The summed E-state index contributed by atoms with van der Waals surface area (Å²) in [6, 6.07) is 2.07. The summed E-state index contributed by atoms with van der Waals surface area (Å²) in [6.07, 6.45) is 1.29. The summed E-state index contributed by atoms with van der Waals surface area (Å²) in [5.74, 6) is -0.323. The summed E-state index contributed by atoms with van der Waals surface area (Å²) >= 11 is 0. The molecule has 0 atom stereocenters. The zero-order valence-electron chi connectivity index (χ0n) is 13.2. The number of aryl methyl sites for hydroxylation is 3. The first kappa shape index (κ1) is 15.6. The van der Waals surface area contributed by atoms with Gasteiger partial charge in [-0.3, -0.25) is 0 Å². The Morgan fingerprint density at radius 3 is 2.62 bits per heavy atom. The van der Waals surface area contributed by atoms with Gasteiger partial charge in [0.25, 0.3) is 0 Å². The number of rotatable bonds is 5. The van der Waals surface area contributed by atoms with Gasteiger partial charge in [0.05, 0.1) is 6.61 Å². The predicted molar refractivity (Wildman–Crippen MR) is 83.9 cm³/mol. The van der Waals surface area contributed by atoms with Crippen molar-refractivity contribution in [2.24, 2.45) is 0 Å². The van der Waals surface area contributed by atoms with Gasteiger partial charge in [0.15, 0.2) is 0 Å². The summed E-state index contributed by atoms with van der Waals surface area (Å²) in [5.41, 5.74) is 6.07. The molecule has 0 aliphatic carbocycles. The van der Waals surface area contributed by atoms with Crippen LogP contribution < -0.4 is 0 Å². The van der Waals surface area contributed by atoms with Gasteiger partial charge in [-0.25, -0.2) is 4.79 Å². The second-order valence-corrected chi connectivity index (χ2v) is 5.39. The van der Waals surface area contributed by atoms with Crippen LogP contribution in [0.5, 0.6) is 0 Å². The smallest absolute Gasteiger partial charge is 0.355 e. The van der Waals surface area contributed by atoms with Crippen molar-refractivity contribution in [3.05, 3.63) is 34.0 Å². The molecule has 4 nitrogen and oxygen atoms in total. The van der Waals surface area contributed by atoms with Crippen LogP contribution in [0.15, 0.2) is 6.07 Å². The van der Waals surface area contributed by atoms with Gasteiger partial charge in [-0.2, -0.15) is 0 Å². The molecule has 2 rings (SSSR count). The Morgan fingerprint density at radius 2 is 2.00 bits per heavy atom. The lowest BCUT2D eigenvalue weighted by atomic mass is 9.96. The number of aliphatic hydroxyl groups excluding tert-OH is 1. The molecule has 4 heteroatoms. The standard InChI is InChI=1S/C17H23NO3/c1-5-21-17(20)16-13(7-6-8-19)15-12(4)11(3)10(2)9-14(15)18-16/h9,18-19H,5-8H2,1-4H3. The van der Waals surface area contributed by atoms with E-state index in [-0.39, 0.29) is 12.6 Å². The first-order valence-electron chi connectivity index (χ1n) is 7.40. The second-order valence-electron chi connectivity index (χ2n) is 5.39. The first-order valence-corrected chi connectivity index (χ1v) is 7.40. The molecular weight excluding hydrogens is 266 g/mol. The summed E-state index contributed by atoms with van der Waals surface area (Å²) in [6.45, 7) is 8.50. The number of hydrogen-bond acceptors (Lipinski definition) is 3. The van der Waals surface area contributed by atoms with Crippen LogP contribution in [0.4, 0.5) is 0 Å². The minimum absolute atomic E-state index is 0.110. The van der Waals surface area contributed by atoms with Gasteiger partial charge in [-0.05, 0) is 68.9 Å². The molecule has 0 saturated heterocycles. The maximum atomic E-state index is 12.2. The molecular formula is C17H23NO3. The van der Waals surface area contributed by atoms with Gasteiger partial charge in [-0.15, -0.1) is 0 Å². The van der Waals surface area contributed by atoms with Gasteiger partial charge in [0, 0.05) is 17.5 Å². The number of benzene rings is 1. The minimum Gasteiger partial charge on any atom is -0.461 e. The Bertz CT molecular complexity index is 670. The summed E-state index contributed by atoms with van der Waals surface area (Å²) in [7, 11) is 0. The molecule has 0 amide bonds. The number of esters is 1. The third-order valence-electron chi connectivity index (χ3n) is 4.09. The second kappa shape index (κ2) is 6.31. The lowest BCUT2D eigenvalue weighted by molar-refractivity contribution is 0.0519. The minimum atomic E-state index is -0.323. The van der Waals surface area contributed by atoms with Gasteiger partial charge < -0.3 is 14.8 Å². The highest BCUT2D eigenvalue weighted by Gasteiger charge is 2.20. The van der Waals surface area contributed by atoms with Crippen molar-refractivity contribution in [1.29, 1.82) is 0 Å². The molecule has 114 valence electrons. The Balaban J connectivity index is 2.67. The maximum absolute atomic E-state index is 12.2. The third kappa shape index (κ3) is 2.81. The fourth-order valence-corrected chi connectivity index (χ4v) is 2.79. The summed E-state index contributed by atoms with van der Waals surface area (Å²) in [4.78, 5) is 15.4. The van der Waals surface area contributed by atoms with E-state index >= 15 is 0 Å². The van der Waals surface area contributed by atoms with Crippen molar-refractivity contribution in [2.45, 2.75) is 40.5 Å². The largest absolute Gasteiger partial charge is 0.461 e. The Labute approximate surface area is 125 Å². The van der Waals surface area contributed by atoms with Crippen LogP contribution in [0.2, 0.25) is 0 Å². The van der Waals surface area contributed by atoms with Crippen molar-refractivity contribution in [2.75, 3.05) is 13.2 Å². The van der Waals surface area contributed by atoms with Gasteiger partial charge in [0.1, 0.15) is 5.69 Å². The van der Waals surface area contributed by atoms with E-state index in [0.717, 1.165) is 16.5 Å². The molecule has 0 spiro atoms. The van der Waals surface area contributed by atoms with Crippen LogP contribution in [-0.4, -0.2) is 29.3 Å².